The van der Waals surface area contributed by atoms with E-state index in [-0.39, 0.29) is 24.1 Å². The van der Waals surface area contributed by atoms with Gasteiger partial charge in [0.15, 0.2) is 0 Å². The maximum atomic E-state index is 14.3. The molecule has 2 saturated heterocycles. The van der Waals surface area contributed by atoms with Gasteiger partial charge in [0.25, 0.3) is 0 Å². The summed E-state index contributed by atoms with van der Waals surface area (Å²) in [6.07, 6.45) is 0.120. The Balaban J connectivity index is 1.40. The van der Waals surface area contributed by atoms with Crippen molar-refractivity contribution in [1.29, 1.82) is 0 Å². The minimum Gasteiger partial charge on any atom is -0.497 e. The number of para-hydroxylation sites is 1. The number of anilines is 2. The lowest BCUT2D eigenvalue weighted by molar-refractivity contribution is -0.136. The highest BCUT2D eigenvalue weighted by Crippen LogP contribution is 2.43. The normalized spacial score (nSPS) is 19.8. The molecule has 0 unspecified atom stereocenters. The standard InChI is InChI=1S/C29H30FN3O4/c1-36-22-11-7-20(8-12-22)28-24(19-27(34)33(28)21-9-13-23(37-2)14-10-21)29(35)32-17-15-31(16-18-32)26-6-4-3-5-25(26)30/h3-14,24,28H,15-19H2,1-2H3/t24-,28+/m1/s1. The Bertz CT molecular complexity index is 1260. The van der Waals surface area contributed by atoms with E-state index in [2.05, 4.69) is 0 Å². The van der Waals surface area contributed by atoms with Crippen LogP contribution in [0.4, 0.5) is 15.8 Å². The lowest BCUT2D eigenvalue weighted by Gasteiger charge is -2.38. The third-order valence-corrected chi connectivity index (χ3v) is 7.23. The van der Waals surface area contributed by atoms with Crippen LogP contribution in [0.5, 0.6) is 11.5 Å². The molecule has 0 aromatic heterocycles. The molecule has 2 heterocycles. The number of halogens is 1. The molecule has 7 nitrogen and oxygen atoms in total. The fourth-order valence-electron chi connectivity index (χ4n) is 5.30. The van der Waals surface area contributed by atoms with E-state index in [4.69, 9.17) is 9.47 Å². The van der Waals surface area contributed by atoms with Gasteiger partial charge in [0, 0.05) is 38.3 Å². The lowest BCUT2D eigenvalue weighted by Crippen LogP contribution is -2.51. The number of nitrogens with zero attached hydrogens (tertiary/aromatic N) is 3. The molecule has 0 radical (unpaired) electrons. The molecule has 2 aliphatic rings. The van der Waals surface area contributed by atoms with E-state index >= 15 is 0 Å². The van der Waals surface area contributed by atoms with Crippen LogP contribution in [-0.2, 0) is 9.59 Å². The smallest absolute Gasteiger partial charge is 0.228 e. The largest absolute Gasteiger partial charge is 0.497 e. The zero-order valence-electron chi connectivity index (χ0n) is 21.0. The number of piperazine rings is 1. The van der Waals surface area contributed by atoms with Gasteiger partial charge >= 0.3 is 0 Å². The molecule has 2 amide bonds. The van der Waals surface area contributed by atoms with Crippen LogP contribution in [0.2, 0.25) is 0 Å². The molecule has 192 valence electrons. The summed E-state index contributed by atoms with van der Waals surface area (Å²) in [5, 5.41) is 0. The summed E-state index contributed by atoms with van der Waals surface area (Å²) in [4.78, 5) is 32.7. The van der Waals surface area contributed by atoms with Gasteiger partial charge in [-0.1, -0.05) is 24.3 Å². The minimum atomic E-state index is -0.539. The fraction of sp³-hybridized carbons (Fsp3) is 0.310. The number of methoxy groups -OCH3 is 2. The van der Waals surface area contributed by atoms with E-state index in [1.54, 1.807) is 31.3 Å². The van der Waals surface area contributed by atoms with Gasteiger partial charge in [-0.05, 0) is 54.1 Å². The van der Waals surface area contributed by atoms with Crippen LogP contribution in [0.25, 0.3) is 0 Å². The summed E-state index contributed by atoms with van der Waals surface area (Å²) in [6.45, 7) is 2.00. The molecule has 0 N–H and O–H groups in total. The van der Waals surface area contributed by atoms with Crippen molar-refractivity contribution in [1.82, 2.24) is 4.90 Å². The molecule has 8 heteroatoms. The number of carbonyl (C=O) groups is 2. The summed E-state index contributed by atoms with van der Waals surface area (Å²) in [5.41, 5.74) is 2.13. The van der Waals surface area contributed by atoms with E-state index < -0.39 is 12.0 Å². The molecule has 0 bridgehead atoms. The third-order valence-electron chi connectivity index (χ3n) is 7.23. The number of rotatable bonds is 6. The van der Waals surface area contributed by atoms with Gasteiger partial charge in [-0.15, -0.1) is 0 Å². The summed E-state index contributed by atoms with van der Waals surface area (Å²) in [7, 11) is 3.20. The molecule has 3 aromatic carbocycles. The Labute approximate surface area is 216 Å². The number of amides is 2. The molecule has 2 fully saturated rings. The van der Waals surface area contributed by atoms with Crippen molar-refractivity contribution in [2.45, 2.75) is 12.5 Å². The summed E-state index contributed by atoms with van der Waals surface area (Å²) in [6, 6.07) is 21.1. The minimum absolute atomic E-state index is 0.0571. The Morgan fingerprint density at radius 1 is 0.838 bits per heavy atom. The number of carbonyl (C=O) groups excluding carboxylic acids is 2. The van der Waals surface area contributed by atoms with Crippen LogP contribution in [0, 0.1) is 11.7 Å². The van der Waals surface area contributed by atoms with Crippen molar-refractivity contribution in [2.24, 2.45) is 5.92 Å². The van der Waals surface area contributed by atoms with Crippen LogP contribution >= 0.6 is 0 Å². The lowest BCUT2D eigenvalue weighted by atomic mass is 9.91. The van der Waals surface area contributed by atoms with Crippen LogP contribution in [-0.4, -0.2) is 57.1 Å². The average Bonchev–Trinajstić information content (AvgIpc) is 3.30. The quantitative estimate of drug-likeness (QED) is 0.502. The topological polar surface area (TPSA) is 62.3 Å². The van der Waals surface area contributed by atoms with E-state index in [1.807, 2.05) is 64.4 Å². The molecule has 2 atom stereocenters. The summed E-state index contributed by atoms with van der Waals surface area (Å²) < 4.78 is 24.9. The Morgan fingerprint density at radius 2 is 1.43 bits per heavy atom. The van der Waals surface area contributed by atoms with Crippen LogP contribution in [0.1, 0.15) is 18.0 Å². The number of hydrogen-bond donors (Lipinski definition) is 0. The molecular formula is C29H30FN3O4. The first kappa shape index (κ1) is 24.6. The molecular weight excluding hydrogens is 473 g/mol. The van der Waals surface area contributed by atoms with Crippen molar-refractivity contribution in [2.75, 3.05) is 50.2 Å². The van der Waals surface area contributed by atoms with Gasteiger partial charge in [0.2, 0.25) is 11.8 Å². The molecule has 2 aliphatic heterocycles. The van der Waals surface area contributed by atoms with Crippen molar-refractivity contribution in [3.8, 4) is 11.5 Å². The monoisotopic (exact) mass is 503 g/mol. The second-order valence-electron chi connectivity index (χ2n) is 9.25. The number of hydrogen-bond acceptors (Lipinski definition) is 5. The maximum absolute atomic E-state index is 14.3. The Hall–Kier alpha value is -4.07. The maximum Gasteiger partial charge on any atom is 0.228 e. The zero-order valence-corrected chi connectivity index (χ0v) is 21.0. The van der Waals surface area contributed by atoms with E-state index in [1.165, 1.54) is 6.07 Å². The zero-order chi connectivity index (χ0) is 25.9. The second-order valence-corrected chi connectivity index (χ2v) is 9.25. The molecule has 37 heavy (non-hydrogen) atoms. The predicted octanol–water partition coefficient (Wildman–Crippen LogP) is 4.29. The molecule has 0 aliphatic carbocycles. The SMILES string of the molecule is COc1ccc([C@H]2[C@H](C(=O)N3CCN(c4ccccc4F)CC3)CC(=O)N2c2ccc(OC)cc2)cc1. The van der Waals surface area contributed by atoms with Gasteiger partial charge in [-0.3, -0.25) is 9.59 Å². The fourth-order valence-corrected chi connectivity index (χ4v) is 5.30. The highest BCUT2D eigenvalue weighted by Gasteiger charge is 2.47. The van der Waals surface area contributed by atoms with Crippen molar-refractivity contribution in [3.05, 3.63) is 84.2 Å². The number of benzene rings is 3. The summed E-state index contributed by atoms with van der Waals surface area (Å²) in [5.74, 6) is 0.432. The van der Waals surface area contributed by atoms with Gasteiger partial charge < -0.3 is 24.2 Å². The predicted molar refractivity (Wildman–Crippen MR) is 140 cm³/mol. The second kappa shape index (κ2) is 10.5. The highest BCUT2D eigenvalue weighted by molar-refractivity contribution is 6.01. The van der Waals surface area contributed by atoms with Crippen LogP contribution in [0.3, 0.4) is 0 Å². The van der Waals surface area contributed by atoms with Gasteiger partial charge in [0.05, 0.1) is 31.9 Å². The first-order chi connectivity index (χ1) is 18.0. The van der Waals surface area contributed by atoms with E-state index in [0.29, 0.717) is 49.1 Å². The van der Waals surface area contributed by atoms with Gasteiger partial charge in [-0.25, -0.2) is 4.39 Å². The molecule has 3 aromatic rings. The summed E-state index contributed by atoms with van der Waals surface area (Å²) >= 11 is 0. The average molecular weight is 504 g/mol. The van der Waals surface area contributed by atoms with E-state index in [0.717, 1.165) is 5.56 Å². The molecule has 0 spiro atoms. The van der Waals surface area contributed by atoms with Crippen LogP contribution in [0.15, 0.2) is 72.8 Å². The Kier molecular flexibility index (Phi) is 6.99. The third kappa shape index (κ3) is 4.83. The van der Waals surface area contributed by atoms with Crippen molar-refractivity contribution in [3.63, 3.8) is 0 Å². The molecule has 0 saturated carbocycles. The Morgan fingerprint density at radius 3 is 2.03 bits per heavy atom. The van der Waals surface area contributed by atoms with Gasteiger partial charge in [-0.2, -0.15) is 0 Å². The van der Waals surface area contributed by atoms with Crippen LogP contribution < -0.4 is 19.3 Å². The van der Waals surface area contributed by atoms with Crippen molar-refractivity contribution >= 4 is 23.2 Å². The first-order valence-electron chi connectivity index (χ1n) is 12.4. The van der Waals surface area contributed by atoms with Gasteiger partial charge in [0.1, 0.15) is 17.3 Å². The number of ether oxygens (including phenoxy) is 2. The highest BCUT2D eigenvalue weighted by atomic mass is 19.1. The molecule has 5 rings (SSSR count). The van der Waals surface area contributed by atoms with E-state index in [9.17, 15) is 14.0 Å². The first-order valence-corrected chi connectivity index (χ1v) is 12.4. The van der Waals surface area contributed by atoms with Crippen molar-refractivity contribution < 1.29 is 23.5 Å².